The molecule has 2 aliphatic rings. The van der Waals surface area contributed by atoms with Gasteiger partial charge in [-0.3, -0.25) is 0 Å². The van der Waals surface area contributed by atoms with Crippen LogP contribution in [-0.4, -0.2) is 54.5 Å². The van der Waals surface area contributed by atoms with Gasteiger partial charge in [-0.05, 0) is 55.4 Å². The normalized spacial score (nSPS) is 17.0. The summed E-state index contributed by atoms with van der Waals surface area (Å²) in [5.74, 6) is 2.73. The summed E-state index contributed by atoms with van der Waals surface area (Å²) < 4.78 is 5.58. The van der Waals surface area contributed by atoms with Crippen LogP contribution in [0.15, 0.2) is 41.5 Å². The van der Waals surface area contributed by atoms with Crippen molar-refractivity contribution in [3.05, 3.63) is 42.0 Å². The van der Waals surface area contributed by atoms with E-state index in [-0.39, 0.29) is 0 Å². The van der Waals surface area contributed by atoms with Crippen molar-refractivity contribution in [1.82, 2.24) is 15.0 Å². The highest BCUT2D eigenvalue weighted by atomic mass is 16.5. The van der Waals surface area contributed by atoms with Gasteiger partial charge in [0, 0.05) is 31.7 Å². The molecule has 3 aromatic rings. The molecule has 2 aliphatic heterocycles. The quantitative estimate of drug-likeness (QED) is 0.443. The molecule has 0 unspecified atom stereocenters. The third-order valence-electron chi connectivity index (χ3n) is 6.40. The Kier molecular flexibility index (Phi) is 6.51. The number of nitrogens with one attached hydrogen (secondary N) is 1. The highest BCUT2D eigenvalue weighted by Crippen LogP contribution is 2.27. The van der Waals surface area contributed by atoms with Gasteiger partial charge in [0.05, 0.1) is 13.3 Å². The molecule has 0 radical (unpaired) electrons. The molecule has 1 aromatic heterocycles. The molecule has 0 aliphatic carbocycles. The molecular formula is C25H31N7O. The Balaban J connectivity index is 1.44. The lowest BCUT2D eigenvalue weighted by Crippen LogP contribution is -2.34. The van der Waals surface area contributed by atoms with Crippen LogP contribution in [0.25, 0.3) is 10.8 Å². The number of rotatable bonds is 6. The zero-order chi connectivity index (χ0) is 22.5. The van der Waals surface area contributed by atoms with Crippen molar-refractivity contribution in [2.45, 2.75) is 38.5 Å². The first-order valence-electron chi connectivity index (χ1n) is 11.9. The standard InChI is InChI=1S/C25H31N7O/c1-33-22-13-12-19-10-4-5-11-20(19)21(22)18-26-30-23-27-24(31-14-6-2-7-15-31)29-25(28-23)32-16-8-3-9-17-32/h4-5,10-13,18H,2-3,6-9,14-17H2,1H3,(H,27,28,29,30)/b26-18-. The molecule has 5 rings (SSSR count). The van der Waals surface area contributed by atoms with E-state index in [0.717, 1.165) is 60.2 Å². The summed E-state index contributed by atoms with van der Waals surface area (Å²) in [5.41, 5.74) is 3.99. The number of piperidine rings is 2. The molecule has 2 saturated heterocycles. The van der Waals surface area contributed by atoms with Gasteiger partial charge in [-0.2, -0.15) is 20.1 Å². The second-order valence-electron chi connectivity index (χ2n) is 8.63. The number of hydrazone groups is 1. The number of nitrogens with zero attached hydrogens (tertiary/aromatic N) is 6. The third-order valence-corrected chi connectivity index (χ3v) is 6.40. The van der Waals surface area contributed by atoms with Gasteiger partial charge in [-0.15, -0.1) is 0 Å². The summed E-state index contributed by atoms with van der Waals surface area (Å²) in [6.45, 7) is 3.94. The average molecular weight is 446 g/mol. The molecule has 0 spiro atoms. The molecule has 2 aromatic carbocycles. The zero-order valence-electron chi connectivity index (χ0n) is 19.2. The molecule has 8 nitrogen and oxygen atoms in total. The van der Waals surface area contributed by atoms with Gasteiger partial charge >= 0.3 is 0 Å². The van der Waals surface area contributed by atoms with Crippen LogP contribution in [0.2, 0.25) is 0 Å². The first-order chi connectivity index (χ1) is 16.3. The first-order valence-corrected chi connectivity index (χ1v) is 11.9. The predicted molar refractivity (Wildman–Crippen MR) is 134 cm³/mol. The summed E-state index contributed by atoms with van der Waals surface area (Å²) in [4.78, 5) is 18.8. The van der Waals surface area contributed by atoms with Crippen LogP contribution >= 0.6 is 0 Å². The van der Waals surface area contributed by atoms with Crippen molar-refractivity contribution in [2.75, 3.05) is 48.5 Å². The molecule has 0 atom stereocenters. The van der Waals surface area contributed by atoms with Gasteiger partial charge in [-0.1, -0.05) is 30.3 Å². The number of ether oxygens (including phenoxy) is 1. The first kappa shape index (κ1) is 21.4. The third kappa shape index (κ3) is 4.84. The van der Waals surface area contributed by atoms with Crippen LogP contribution in [0.4, 0.5) is 17.8 Å². The van der Waals surface area contributed by atoms with E-state index in [1.165, 1.54) is 38.5 Å². The fourth-order valence-electron chi connectivity index (χ4n) is 4.62. The molecule has 0 amide bonds. The van der Waals surface area contributed by atoms with Gasteiger partial charge in [0.15, 0.2) is 0 Å². The van der Waals surface area contributed by atoms with Crippen LogP contribution < -0.4 is 20.0 Å². The largest absolute Gasteiger partial charge is 0.496 e. The summed E-state index contributed by atoms with van der Waals surface area (Å²) >= 11 is 0. The van der Waals surface area contributed by atoms with Crippen molar-refractivity contribution >= 4 is 34.8 Å². The van der Waals surface area contributed by atoms with Gasteiger partial charge in [-0.25, -0.2) is 5.43 Å². The Bertz CT molecular complexity index is 1080. The molecule has 0 bridgehead atoms. The summed E-state index contributed by atoms with van der Waals surface area (Å²) in [6, 6.07) is 12.2. The van der Waals surface area contributed by atoms with E-state index < -0.39 is 0 Å². The molecule has 2 fully saturated rings. The number of benzene rings is 2. The van der Waals surface area contributed by atoms with Crippen molar-refractivity contribution in [3.8, 4) is 5.75 Å². The molecule has 0 saturated carbocycles. The van der Waals surface area contributed by atoms with Crippen LogP contribution in [0.1, 0.15) is 44.1 Å². The highest BCUT2D eigenvalue weighted by molar-refractivity contribution is 6.02. The average Bonchev–Trinajstić information content (AvgIpc) is 2.89. The zero-order valence-corrected chi connectivity index (χ0v) is 19.2. The van der Waals surface area contributed by atoms with Crippen LogP contribution in [0.3, 0.4) is 0 Å². The van der Waals surface area contributed by atoms with Crippen molar-refractivity contribution < 1.29 is 4.74 Å². The van der Waals surface area contributed by atoms with E-state index in [0.29, 0.717) is 5.95 Å². The van der Waals surface area contributed by atoms with E-state index in [1.807, 2.05) is 18.2 Å². The molecule has 172 valence electrons. The minimum atomic E-state index is 0.474. The number of anilines is 3. The van der Waals surface area contributed by atoms with E-state index in [2.05, 4.69) is 38.5 Å². The molecular weight excluding hydrogens is 414 g/mol. The Morgan fingerprint density at radius 2 is 1.45 bits per heavy atom. The second-order valence-corrected chi connectivity index (χ2v) is 8.63. The Morgan fingerprint density at radius 3 is 2.09 bits per heavy atom. The highest BCUT2D eigenvalue weighted by Gasteiger charge is 2.20. The minimum absolute atomic E-state index is 0.474. The number of aromatic nitrogens is 3. The van der Waals surface area contributed by atoms with Gasteiger partial charge in [0.25, 0.3) is 0 Å². The van der Waals surface area contributed by atoms with Gasteiger partial charge in [0.2, 0.25) is 17.8 Å². The smallest absolute Gasteiger partial charge is 0.250 e. The SMILES string of the molecule is COc1ccc2ccccc2c1/C=N\Nc1nc(N2CCCCC2)nc(N2CCCCC2)n1. The Labute approximate surface area is 194 Å². The summed E-state index contributed by atoms with van der Waals surface area (Å²) in [5, 5.41) is 6.72. The molecule has 33 heavy (non-hydrogen) atoms. The number of methoxy groups -OCH3 is 1. The van der Waals surface area contributed by atoms with Gasteiger partial charge < -0.3 is 14.5 Å². The Hall–Kier alpha value is -3.42. The maximum absolute atomic E-state index is 5.58. The van der Waals surface area contributed by atoms with E-state index in [4.69, 9.17) is 19.7 Å². The lowest BCUT2D eigenvalue weighted by Gasteiger charge is -2.30. The summed E-state index contributed by atoms with van der Waals surface area (Å²) in [7, 11) is 1.68. The van der Waals surface area contributed by atoms with Crippen LogP contribution in [0.5, 0.6) is 5.75 Å². The van der Waals surface area contributed by atoms with Gasteiger partial charge in [0.1, 0.15) is 5.75 Å². The fraction of sp³-hybridized carbons (Fsp3) is 0.440. The monoisotopic (exact) mass is 445 g/mol. The lowest BCUT2D eigenvalue weighted by molar-refractivity contribution is 0.415. The number of hydrogen-bond acceptors (Lipinski definition) is 8. The summed E-state index contributed by atoms with van der Waals surface area (Å²) in [6.07, 6.45) is 9.01. The van der Waals surface area contributed by atoms with E-state index >= 15 is 0 Å². The maximum Gasteiger partial charge on any atom is 0.250 e. The molecule has 3 heterocycles. The van der Waals surface area contributed by atoms with E-state index in [9.17, 15) is 0 Å². The Morgan fingerprint density at radius 1 is 0.818 bits per heavy atom. The molecule has 1 N–H and O–H groups in total. The van der Waals surface area contributed by atoms with Crippen LogP contribution in [0, 0.1) is 0 Å². The topological polar surface area (TPSA) is 78.8 Å². The van der Waals surface area contributed by atoms with Crippen molar-refractivity contribution in [1.29, 1.82) is 0 Å². The number of fused-ring (bicyclic) bond motifs is 1. The van der Waals surface area contributed by atoms with Crippen molar-refractivity contribution in [2.24, 2.45) is 5.10 Å². The van der Waals surface area contributed by atoms with Crippen molar-refractivity contribution in [3.63, 3.8) is 0 Å². The van der Waals surface area contributed by atoms with Crippen LogP contribution in [-0.2, 0) is 0 Å². The number of hydrogen-bond donors (Lipinski definition) is 1. The molecule has 8 heteroatoms. The predicted octanol–water partition coefficient (Wildman–Crippen LogP) is 4.46. The van der Waals surface area contributed by atoms with E-state index in [1.54, 1.807) is 13.3 Å². The maximum atomic E-state index is 5.58. The minimum Gasteiger partial charge on any atom is -0.496 e. The second kappa shape index (κ2) is 10.0. The fourth-order valence-corrected chi connectivity index (χ4v) is 4.62. The lowest BCUT2D eigenvalue weighted by atomic mass is 10.0.